The lowest BCUT2D eigenvalue weighted by Crippen LogP contribution is -2.06. The van der Waals surface area contributed by atoms with Crippen molar-refractivity contribution in [2.24, 2.45) is 0 Å². The molecule has 1 unspecified atom stereocenters. The average Bonchev–Trinajstić information content (AvgIpc) is 2.99. The standard InChI is InChI=1S/C16H11FNO6P/c17-11-4-2-1-3-9(11)12-6-14(24-25(19,20)21)10-5-15-16(23-8-22-15)7-13(10)18-12/h1-7H,8H2,(H2,19,20,21)/p-1. The van der Waals surface area contributed by atoms with E-state index in [4.69, 9.17) is 14.4 Å². The Morgan fingerprint density at radius 1 is 1.20 bits per heavy atom. The molecule has 1 aliphatic rings. The number of nitrogens with zero attached hydrogens (tertiary/aromatic N) is 1. The molecule has 0 aliphatic carbocycles. The molecule has 2 heterocycles. The highest BCUT2D eigenvalue weighted by atomic mass is 31.2. The molecule has 1 aromatic heterocycles. The van der Waals surface area contributed by atoms with Gasteiger partial charge in [-0.2, -0.15) is 0 Å². The van der Waals surface area contributed by atoms with Gasteiger partial charge in [0.2, 0.25) is 6.79 Å². The van der Waals surface area contributed by atoms with Crippen LogP contribution in [0.3, 0.4) is 0 Å². The van der Waals surface area contributed by atoms with E-state index in [9.17, 15) is 13.8 Å². The third-order valence-corrected chi connectivity index (χ3v) is 4.06. The molecule has 1 aliphatic heterocycles. The maximum absolute atomic E-state index is 14.1. The molecule has 0 bridgehead atoms. The molecule has 1 N–H and O–H groups in total. The average molecular weight is 362 g/mol. The smallest absolute Gasteiger partial charge is 0.317 e. The van der Waals surface area contributed by atoms with Crippen LogP contribution in [0.4, 0.5) is 4.39 Å². The highest BCUT2D eigenvalue weighted by Gasteiger charge is 2.20. The Morgan fingerprint density at radius 3 is 2.64 bits per heavy atom. The summed E-state index contributed by atoms with van der Waals surface area (Å²) in [4.78, 5) is 24.6. The summed E-state index contributed by atoms with van der Waals surface area (Å²) in [6, 6.07) is 10.2. The number of phosphoric ester groups is 1. The van der Waals surface area contributed by atoms with Gasteiger partial charge in [-0.3, -0.25) is 4.57 Å². The summed E-state index contributed by atoms with van der Waals surface area (Å²) in [5, 5.41) is 0.273. The first kappa shape index (κ1) is 15.8. The van der Waals surface area contributed by atoms with Crippen LogP contribution in [-0.2, 0) is 4.57 Å². The van der Waals surface area contributed by atoms with Crippen LogP contribution in [0.15, 0.2) is 42.5 Å². The number of ether oxygens (including phenoxy) is 2. The summed E-state index contributed by atoms with van der Waals surface area (Å²) < 4.78 is 40.5. The number of halogens is 1. The van der Waals surface area contributed by atoms with E-state index in [1.807, 2.05) is 0 Å². The molecule has 25 heavy (non-hydrogen) atoms. The predicted octanol–water partition coefficient (Wildman–Crippen LogP) is 2.61. The number of pyridine rings is 1. The number of phosphoric acid groups is 1. The minimum Gasteiger partial charge on any atom is -0.746 e. The van der Waals surface area contributed by atoms with E-state index in [0.29, 0.717) is 17.0 Å². The second-order valence-electron chi connectivity index (χ2n) is 5.27. The Hall–Kier alpha value is -2.67. The Bertz CT molecular complexity index is 1030. The van der Waals surface area contributed by atoms with Gasteiger partial charge in [0, 0.05) is 23.1 Å². The lowest BCUT2D eigenvalue weighted by Gasteiger charge is -2.19. The molecular formula is C16H10FNO6P-. The number of aromatic nitrogens is 1. The summed E-state index contributed by atoms with van der Waals surface area (Å²) in [6.07, 6.45) is 0. The van der Waals surface area contributed by atoms with E-state index in [2.05, 4.69) is 9.51 Å². The lowest BCUT2D eigenvalue weighted by molar-refractivity contribution is -0.211. The van der Waals surface area contributed by atoms with Gasteiger partial charge in [0.15, 0.2) is 11.5 Å². The molecule has 0 saturated heterocycles. The van der Waals surface area contributed by atoms with Gasteiger partial charge in [-0.15, -0.1) is 0 Å². The third kappa shape index (κ3) is 3.02. The molecule has 3 aromatic rings. The number of benzene rings is 2. The molecule has 7 nitrogen and oxygen atoms in total. The monoisotopic (exact) mass is 362 g/mol. The Kier molecular flexibility index (Phi) is 3.61. The van der Waals surface area contributed by atoms with Crippen molar-refractivity contribution in [2.75, 3.05) is 6.79 Å². The van der Waals surface area contributed by atoms with Crippen molar-refractivity contribution in [3.8, 4) is 28.5 Å². The van der Waals surface area contributed by atoms with Crippen molar-refractivity contribution < 1.29 is 32.7 Å². The van der Waals surface area contributed by atoms with Crippen LogP contribution in [0.25, 0.3) is 22.2 Å². The fraction of sp³-hybridized carbons (Fsp3) is 0.0625. The quantitative estimate of drug-likeness (QED) is 0.715. The summed E-state index contributed by atoms with van der Waals surface area (Å²) in [5.41, 5.74) is 0.604. The molecule has 0 spiro atoms. The zero-order valence-corrected chi connectivity index (χ0v) is 13.4. The molecule has 1 atom stereocenters. The second kappa shape index (κ2) is 5.70. The van der Waals surface area contributed by atoms with Crippen molar-refractivity contribution in [3.63, 3.8) is 0 Å². The first-order valence-corrected chi connectivity index (χ1v) is 8.63. The Labute approximate surface area is 140 Å². The van der Waals surface area contributed by atoms with Crippen LogP contribution < -0.4 is 18.9 Å². The highest BCUT2D eigenvalue weighted by Crippen LogP contribution is 2.43. The molecule has 0 radical (unpaired) electrons. The van der Waals surface area contributed by atoms with Crippen molar-refractivity contribution in [2.45, 2.75) is 0 Å². The van der Waals surface area contributed by atoms with Gasteiger partial charge in [0.1, 0.15) is 11.6 Å². The van der Waals surface area contributed by atoms with E-state index >= 15 is 0 Å². The largest absolute Gasteiger partial charge is 0.746 e. The van der Waals surface area contributed by atoms with E-state index in [0.717, 1.165) is 0 Å². The number of hydrogen-bond acceptors (Lipinski definition) is 6. The molecule has 9 heteroatoms. The van der Waals surface area contributed by atoms with Gasteiger partial charge in [0.05, 0.1) is 11.2 Å². The predicted molar refractivity (Wildman–Crippen MR) is 83.7 cm³/mol. The zero-order chi connectivity index (χ0) is 17.6. The first-order valence-electron chi connectivity index (χ1n) is 7.13. The summed E-state index contributed by atoms with van der Waals surface area (Å²) in [7, 11) is -5.08. The normalized spacial score (nSPS) is 15.2. The van der Waals surface area contributed by atoms with Gasteiger partial charge in [-0.25, -0.2) is 9.37 Å². The lowest BCUT2D eigenvalue weighted by atomic mass is 10.1. The minimum atomic E-state index is -5.08. The van der Waals surface area contributed by atoms with Crippen molar-refractivity contribution in [1.82, 2.24) is 4.98 Å². The summed E-state index contributed by atoms with van der Waals surface area (Å²) in [6.45, 7) is 0.0159. The fourth-order valence-electron chi connectivity index (χ4n) is 2.59. The minimum absolute atomic E-state index is 0.0159. The number of fused-ring (bicyclic) bond motifs is 2. The zero-order valence-electron chi connectivity index (χ0n) is 12.5. The van der Waals surface area contributed by atoms with Crippen molar-refractivity contribution >= 4 is 18.7 Å². The van der Waals surface area contributed by atoms with Gasteiger partial charge in [-0.05, 0) is 18.2 Å². The third-order valence-electron chi connectivity index (χ3n) is 3.63. The van der Waals surface area contributed by atoms with Crippen LogP contribution in [0, 0.1) is 5.82 Å². The summed E-state index contributed by atoms with van der Waals surface area (Å²) in [5.74, 6) is 0.0835. The van der Waals surface area contributed by atoms with Crippen LogP contribution in [0.1, 0.15) is 0 Å². The first-order chi connectivity index (χ1) is 11.9. The van der Waals surface area contributed by atoms with Crippen LogP contribution in [-0.4, -0.2) is 16.7 Å². The van der Waals surface area contributed by atoms with Gasteiger partial charge in [0.25, 0.3) is 0 Å². The SMILES string of the molecule is O=P([O-])(O)Oc1cc(-c2ccccc2F)nc2cc3c(cc12)OCO3. The van der Waals surface area contributed by atoms with Crippen molar-refractivity contribution in [1.29, 1.82) is 0 Å². The van der Waals surface area contributed by atoms with Gasteiger partial charge >= 0.3 is 7.82 Å². The maximum atomic E-state index is 14.1. The van der Waals surface area contributed by atoms with Crippen molar-refractivity contribution in [3.05, 3.63) is 48.3 Å². The molecule has 0 saturated carbocycles. The maximum Gasteiger partial charge on any atom is 0.317 e. The van der Waals surface area contributed by atoms with Crippen LogP contribution in [0.5, 0.6) is 17.2 Å². The highest BCUT2D eigenvalue weighted by molar-refractivity contribution is 7.45. The Balaban J connectivity index is 1.98. The number of hydrogen-bond donors (Lipinski definition) is 1. The Morgan fingerprint density at radius 2 is 1.92 bits per heavy atom. The fourth-order valence-corrected chi connectivity index (χ4v) is 2.99. The van der Waals surface area contributed by atoms with E-state index < -0.39 is 13.6 Å². The molecule has 0 amide bonds. The molecule has 4 rings (SSSR count). The second-order valence-corrected chi connectivity index (χ2v) is 6.39. The topological polar surface area (TPSA) is 101 Å². The van der Waals surface area contributed by atoms with E-state index in [-0.39, 0.29) is 29.2 Å². The summed E-state index contributed by atoms with van der Waals surface area (Å²) >= 11 is 0. The molecule has 2 aromatic carbocycles. The van der Waals surface area contributed by atoms with Gasteiger partial charge < -0.3 is 23.8 Å². The number of rotatable bonds is 3. The van der Waals surface area contributed by atoms with E-state index in [1.165, 1.54) is 36.4 Å². The van der Waals surface area contributed by atoms with Crippen LogP contribution in [0.2, 0.25) is 0 Å². The molecular weight excluding hydrogens is 352 g/mol. The molecule has 128 valence electrons. The van der Waals surface area contributed by atoms with E-state index in [1.54, 1.807) is 6.07 Å². The van der Waals surface area contributed by atoms with Gasteiger partial charge in [-0.1, -0.05) is 12.1 Å². The molecule has 0 fully saturated rings. The van der Waals surface area contributed by atoms with Crippen LogP contribution >= 0.6 is 7.82 Å².